The van der Waals surface area contributed by atoms with Crippen LogP contribution in [0.25, 0.3) is 0 Å². The van der Waals surface area contributed by atoms with Crippen LogP contribution < -0.4 is 10.7 Å². The van der Waals surface area contributed by atoms with Gasteiger partial charge in [0.25, 0.3) is 5.91 Å². The molecule has 0 aliphatic rings. The molecule has 0 aliphatic heterocycles. The van der Waals surface area contributed by atoms with E-state index in [1.54, 1.807) is 19.2 Å². The highest BCUT2D eigenvalue weighted by Crippen LogP contribution is 2.28. The van der Waals surface area contributed by atoms with Crippen LogP contribution in [0.4, 0.5) is 5.69 Å². The van der Waals surface area contributed by atoms with Gasteiger partial charge < -0.3 is 15.0 Å². The normalized spacial score (nSPS) is 10.2. The summed E-state index contributed by atoms with van der Waals surface area (Å²) in [5.74, 6) is -1.09. The summed E-state index contributed by atoms with van der Waals surface area (Å²) < 4.78 is 4.67. The van der Waals surface area contributed by atoms with E-state index in [-0.39, 0.29) is 11.0 Å². The molecule has 2 heterocycles. The molecule has 110 valence electrons. The molecule has 0 aromatic carbocycles. The molecule has 0 fully saturated rings. The maximum Gasteiger partial charge on any atom is 0.350 e. The Hall–Kier alpha value is -2.41. The summed E-state index contributed by atoms with van der Waals surface area (Å²) in [6, 6.07) is 1.34. The minimum Gasteiger partial charge on any atom is -0.465 e. The van der Waals surface area contributed by atoms with Crippen molar-refractivity contribution in [3.05, 3.63) is 49.6 Å². The summed E-state index contributed by atoms with van der Waals surface area (Å²) in [5.41, 5.74) is 1.38. The summed E-state index contributed by atoms with van der Waals surface area (Å²) in [6.45, 7) is 3.49. The van der Waals surface area contributed by atoms with E-state index in [1.807, 2.05) is 0 Å². The molecule has 0 unspecified atom stereocenters. The van der Waals surface area contributed by atoms with E-state index in [0.717, 1.165) is 5.56 Å². The number of aryl methyl sites for hydroxylation is 2. The third-order valence-electron chi connectivity index (χ3n) is 2.89. The van der Waals surface area contributed by atoms with Crippen molar-refractivity contribution in [2.75, 3.05) is 12.4 Å². The van der Waals surface area contributed by atoms with Crippen LogP contribution in [0.15, 0.2) is 22.4 Å². The largest absolute Gasteiger partial charge is 0.465 e. The Morgan fingerprint density at radius 1 is 1.33 bits per heavy atom. The quantitative estimate of drug-likeness (QED) is 0.850. The Morgan fingerprint density at radius 2 is 2.05 bits per heavy atom. The van der Waals surface area contributed by atoms with Gasteiger partial charge >= 0.3 is 5.97 Å². The van der Waals surface area contributed by atoms with Crippen molar-refractivity contribution in [2.45, 2.75) is 13.8 Å². The molecule has 2 aromatic rings. The van der Waals surface area contributed by atoms with E-state index < -0.39 is 11.9 Å². The van der Waals surface area contributed by atoms with Crippen LogP contribution >= 0.6 is 11.3 Å². The number of pyridine rings is 1. The molecule has 2 N–H and O–H groups in total. The molecule has 0 atom stereocenters. The number of nitrogens with one attached hydrogen (secondary N) is 2. The molecular weight excluding hydrogens is 292 g/mol. The minimum absolute atomic E-state index is 0.0120. The molecule has 0 saturated carbocycles. The number of carbonyl (C=O) groups excluding carboxylic acids is 2. The second-order valence-electron chi connectivity index (χ2n) is 4.46. The maximum atomic E-state index is 12.2. The topological polar surface area (TPSA) is 88.3 Å². The monoisotopic (exact) mass is 306 g/mol. The molecule has 0 saturated heterocycles. The van der Waals surface area contributed by atoms with Gasteiger partial charge in [0.1, 0.15) is 10.4 Å². The van der Waals surface area contributed by atoms with E-state index in [2.05, 4.69) is 15.0 Å². The molecule has 0 spiro atoms. The highest BCUT2D eigenvalue weighted by molar-refractivity contribution is 7.12. The van der Waals surface area contributed by atoms with Crippen LogP contribution in [-0.4, -0.2) is 24.0 Å². The summed E-state index contributed by atoms with van der Waals surface area (Å²) in [7, 11) is 1.27. The number of aromatic nitrogens is 1. The third-order valence-corrected chi connectivity index (χ3v) is 3.96. The molecule has 0 aliphatic carbocycles. The maximum absolute atomic E-state index is 12.2. The summed E-state index contributed by atoms with van der Waals surface area (Å²) >= 11 is 1.18. The van der Waals surface area contributed by atoms with E-state index in [0.29, 0.717) is 16.3 Å². The predicted molar refractivity (Wildman–Crippen MR) is 80.1 cm³/mol. The fraction of sp³-hybridized carbons (Fsp3) is 0.214. The van der Waals surface area contributed by atoms with Gasteiger partial charge in [-0.15, -0.1) is 11.3 Å². The van der Waals surface area contributed by atoms with Crippen molar-refractivity contribution < 1.29 is 14.3 Å². The van der Waals surface area contributed by atoms with E-state index in [9.17, 15) is 14.4 Å². The Morgan fingerprint density at radius 3 is 2.67 bits per heavy atom. The summed E-state index contributed by atoms with van der Waals surface area (Å²) in [4.78, 5) is 38.7. The molecule has 2 rings (SSSR count). The average molecular weight is 306 g/mol. The van der Waals surface area contributed by atoms with Crippen molar-refractivity contribution in [1.82, 2.24) is 4.98 Å². The number of esters is 1. The SMILES string of the molecule is COC(=O)c1scc(C)c1NC(=O)c1c[nH]c(C)cc1=O. The number of H-pyrrole nitrogens is 1. The Bertz CT molecular complexity index is 761. The van der Waals surface area contributed by atoms with Crippen LogP contribution in [0, 0.1) is 13.8 Å². The van der Waals surface area contributed by atoms with E-state index in [4.69, 9.17) is 0 Å². The molecular formula is C14H14N2O4S. The average Bonchev–Trinajstić information content (AvgIpc) is 2.79. The summed E-state index contributed by atoms with van der Waals surface area (Å²) in [6.07, 6.45) is 1.35. The van der Waals surface area contributed by atoms with E-state index >= 15 is 0 Å². The first kappa shape index (κ1) is 15.0. The van der Waals surface area contributed by atoms with Crippen LogP contribution in [-0.2, 0) is 4.74 Å². The van der Waals surface area contributed by atoms with Crippen LogP contribution in [0.5, 0.6) is 0 Å². The second kappa shape index (κ2) is 5.92. The number of methoxy groups -OCH3 is 1. The molecule has 0 bridgehead atoms. The first-order chi connectivity index (χ1) is 9.93. The second-order valence-corrected chi connectivity index (χ2v) is 5.34. The van der Waals surface area contributed by atoms with Gasteiger partial charge in [0, 0.05) is 18.0 Å². The van der Waals surface area contributed by atoms with Crippen molar-refractivity contribution in [2.24, 2.45) is 0 Å². The zero-order chi connectivity index (χ0) is 15.6. The lowest BCUT2D eigenvalue weighted by atomic mass is 10.2. The highest BCUT2D eigenvalue weighted by atomic mass is 32.1. The lowest BCUT2D eigenvalue weighted by Gasteiger charge is -2.07. The first-order valence-electron chi connectivity index (χ1n) is 6.11. The minimum atomic E-state index is -0.567. The smallest absolute Gasteiger partial charge is 0.350 e. The van der Waals surface area contributed by atoms with Gasteiger partial charge in [-0.1, -0.05) is 0 Å². The summed E-state index contributed by atoms with van der Waals surface area (Å²) in [5, 5.41) is 4.34. The van der Waals surface area contributed by atoms with Gasteiger partial charge in [0.15, 0.2) is 5.43 Å². The van der Waals surface area contributed by atoms with Gasteiger partial charge in [0.2, 0.25) is 0 Å². The van der Waals surface area contributed by atoms with Gasteiger partial charge in [-0.3, -0.25) is 9.59 Å². The van der Waals surface area contributed by atoms with Crippen molar-refractivity contribution in [1.29, 1.82) is 0 Å². The number of amides is 1. The molecule has 0 radical (unpaired) electrons. The van der Waals surface area contributed by atoms with Crippen molar-refractivity contribution in [3.63, 3.8) is 0 Å². The van der Waals surface area contributed by atoms with Crippen molar-refractivity contribution in [3.8, 4) is 0 Å². The van der Waals surface area contributed by atoms with Crippen LogP contribution in [0.2, 0.25) is 0 Å². The van der Waals surface area contributed by atoms with Gasteiger partial charge in [-0.2, -0.15) is 0 Å². The number of rotatable bonds is 3. The standard InChI is InChI=1S/C14H14N2O4S/c1-7-6-21-12(14(19)20-3)11(7)16-13(18)9-5-15-8(2)4-10(9)17/h4-6H,1-3H3,(H,15,17)(H,16,18). The van der Waals surface area contributed by atoms with Gasteiger partial charge in [-0.25, -0.2) is 4.79 Å². The zero-order valence-electron chi connectivity index (χ0n) is 11.8. The number of thiophene rings is 1. The van der Waals surface area contributed by atoms with E-state index in [1.165, 1.54) is 30.7 Å². The molecule has 2 aromatic heterocycles. The Labute approximate surface area is 124 Å². The van der Waals surface area contributed by atoms with Gasteiger partial charge in [-0.05, 0) is 24.8 Å². The number of hydrogen-bond acceptors (Lipinski definition) is 5. The van der Waals surface area contributed by atoms with Crippen LogP contribution in [0.1, 0.15) is 31.3 Å². The fourth-order valence-corrected chi connectivity index (χ4v) is 2.70. The number of carbonyl (C=O) groups is 2. The number of aromatic amines is 1. The van der Waals surface area contributed by atoms with Crippen LogP contribution in [0.3, 0.4) is 0 Å². The number of anilines is 1. The Kier molecular flexibility index (Phi) is 4.23. The number of ether oxygens (including phenoxy) is 1. The number of hydrogen-bond donors (Lipinski definition) is 2. The lowest BCUT2D eigenvalue weighted by molar-refractivity contribution is 0.0607. The Balaban J connectivity index is 2.34. The predicted octanol–water partition coefficient (Wildman–Crippen LogP) is 2.09. The highest BCUT2D eigenvalue weighted by Gasteiger charge is 2.20. The molecule has 6 nitrogen and oxygen atoms in total. The molecule has 7 heteroatoms. The molecule has 21 heavy (non-hydrogen) atoms. The van der Waals surface area contributed by atoms with Crippen molar-refractivity contribution >= 4 is 28.9 Å². The fourth-order valence-electron chi connectivity index (χ4n) is 1.77. The first-order valence-corrected chi connectivity index (χ1v) is 6.99. The molecule has 1 amide bonds. The third kappa shape index (κ3) is 3.03. The zero-order valence-corrected chi connectivity index (χ0v) is 12.6. The van der Waals surface area contributed by atoms with Gasteiger partial charge in [0.05, 0.1) is 12.8 Å². The lowest BCUT2D eigenvalue weighted by Crippen LogP contribution is -2.22.